The number of ether oxygens (including phenoxy) is 2. The first-order valence-corrected chi connectivity index (χ1v) is 15.7. The van der Waals surface area contributed by atoms with E-state index in [4.69, 9.17) is 14.5 Å². The molecule has 6 nitrogen and oxygen atoms in total. The lowest BCUT2D eigenvalue weighted by Crippen LogP contribution is -2.36. The van der Waals surface area contributed by atoms with Crippen LogP contribution in [0.1, 0.15) is 42.4 Å². The van der Waals surface area contributed by atoms with Gasteiger partial charge >= 0.3 is 0 Å². The first kappa shape index (κ1) is 26.5. The lowest BCUT2D eigenvalue weighted by atomic mass is 9.91. The van der Waals surface area contributed by atoms with Gasteiger partial charge in [-0.15, -0.1) is 0 Å². The average Bonchev–Trinajstić information content (AvgIpc) is 2.99. The molecule has 0 unspecified atom stereocenters. The van der Waals surface area contributed by atoms with Crippen molar-refractivity contribution in [1.82, 2.24) is 19.4 Å². The first-order valence-electron chi connectivity index (χ1n) is 11.9. The molecule has 186 valence electrons. The molecule has 1 aliphatic rings. The van der Waals surface area contributed by atoms with E-state index in [0.717, 1.165) is 60.1 Å². The Hall–Kier alpha value is -1.09. The second kappa shape index (κ2) is 12.0. The molecule has 3 rings (SSSR count). The predicted octanol–water partition coefficient (Wildman–Crippen LogP) is 5.18. The molecular formula is C25H41BrN4O2S. The zero-order valence-corrected chi connectivity index (χ0v) is 23.6. The number of hydrogen-bond acceptors (Lipinski definition) is 5. The zero-order chi connectivity index (χ0) is 24.0. The minimum Gasteiger partial charge on any atom is -0.465 e. The number of likely N-dealkylation sites (tertiary alicyclic amines) is 1. The summed E-state index contributed by atoms with van der Waals surface area (Å²) in [6.45, 7) is 11.0. The van der Waals surface area contributed by atoms with Gasteiger partial charge in [0.05, 0.1) is 18.9 Å². The van der Waals surface area contributed by atoms with Crippen molar-refractivity contribution >= 4 is 26.0 Å². The minimum absolute atomic E-state index is 0.460. The van der Waals surface area contributed by atoms with Gasteiger partial charge < -0.3 is 9.47 Å². The fourth-order valence-electron chi connectivity index (χ4n) is 4.42. The van der Waals surface area contributed by atoms with Crippen LogP contribution in [0.4, 0.5) is 0 Å². The van der Waals surface area contributed by atoms with E-state index >= 15 is 0 Å². The number of pyridine rings is 1. The van der Waals surface area contributed by atoms with E-state index in [1.54, 1.807) is 0 Å². The summed E-state index contributed by atoms with van der Waals surface area (Å²) in [7, 11) is -0.559. The van der Waals surface area contributed by atoms with Crippen molar-refractivity contribution in [2.24, 2.45) is 5.92 Å². The summed E-state index contributed by atoms with van der Waals surface area (Å²) < 4.78 is 14.8. The summed E-state index contributed by atoms with van der Waals surface area (Å²) in [6, 6.07) is 5.11. The van der Waals surface area contributed by atoms with Crippen LogP contribution in [0.25, 0.3) is 0 Å². The molecule has 1 fully saturated rings. The fourth-order valence-corrected chi connectivity index (χ4v) is 5.51. The molecule has 1 saturated heterocycles. The Bertz CT molecular complexity index is 892. The Morgan fingerprint density at radius 1 is 1.15 bits per heavy atom. The normalized spacial score (nSPS) is 18.0. The number of imidazole rings is 1. The molecule has 0 radical (unpaired) electrons. The van der Waals surface area contributed by atoms with Gasteiger partial charge in [-0.2, -0.15) is 4.98 Å². The van der Waals surface area contributed by atoms with Crippen molar-refractivity contribution in [3.8, 4) is 6.01 Å². The maximum absolute atomic E-state index is 5.98. The van der Waals surface area contributed by atoms with Gasteiger partial charge in [-0.3, -0.25) is 14.5 Å². The molecule has 0 spiro atoms. The Morgan fingerprint density at radius 2 is 1.88 bits per heavy atom. The van der Waals surface area contributed by atoms with E-state index in [9.17, 15) is 0 Å². The third-order valence-electron chi connectivity index (χ3n) is 5.91. The minimum atomic E-state index is -0.559. The molecule has 3 heterocycles. The van der Waals surface area contributed by atoms with Gasteiger partial charge in [-0.05, 0) is 105 Å². The fraction of sp³-hybridized carbons (Fsp3) is 0.680. The Morgan fingerprint density at radius 3 is 2.55 bits per heavy atom. The lowest BCUT2D eigenvalue weighted by molar-refractivity contribution is 0.0799. The van der Waals surface area contributed by atoms with Crippen LogP contribution in [0.15, 0.2) is 16.7 Å². The summed E-state index contributed by atoms with van der Waals surface area (Å²) in [5, 5.41) is 0. The van der Waals surface area contributed by atoms with Crippen LogP contribution in [-0.2, 0) is 24.4 Å². The van der Waals surface area contributed by atoms with Crippen LogP contribution in [0, 0.1) is 19.8 Å². The molecule has 1 aliphatic heterocycles. The number of aromatic nitrogens is 3. The second-order valence-corrected chi connectivity index (χ2v) is 15.4. The maximum Gasteiger partial charge on any atom is 0.299 e. The third kappa shape index (κ3) is 8.26. The molecule has 0 amide bonds. The summed E-state index contributed by atoms with van der Waals surface area (Å²) in [6.07, 6.45) is 10.6. The quantitative estimate of drug-likeness (QED) is 0.367. The molecule has 0 aromatic carbocycles. The molecule has 1 atom stereocenters. The van der Waals surface area contributed by atoms with E-state index in [0.29, 0.717) is 25.3 Å². The van der Waals surface area contributed by atoms with E-state index in [2.05, 4.69) is 70.6 Å². The summed E-state index contributed by atoms with van der Waals surface area (Å²) in [5.74, 6) is 1.76. The molecule has 0 aliphatic carbocycles. The van der Waals surface area contributed by atoms with Crippen molar-refractivity contribution in [1.29, 1.82) is 0 Å². The third-order valence-corrected chi connectivity index (χ3v) is 8.19. The molecule has 0 N–H and O–H groups in total. The van der Waals surface area contributed by atoms with Crippen LogP contribution in [0.5, 0.6) is 6.01 Å². The largest absolute Gasteiger partial charge is 0.465 e. The molecule has 0 bridgehead atoms. The van der Waals surface area contributed by atoms with E-state index in [-0.39, 0.29) is 0 Å². The van der Waals surface area contributed by atoms with E-state index in [1.165, 1.54) is 18.4 Å². The highest BCUT2D eigenvalue weighted by molar-refractivity contribution is 9.10. The second-order valence-electron chi connectivity index (χ2n) is 10.0. The topological polar surface area (TPSA) is 52.4 Å². The summed E-state index contributed by atoms with van der Waals surface area (Å²) in [4.78, 5) is 11.9. The Balaban J connectivity index is 1.62. The van der Waals surface area contributed by atoms with Gasteiger partial charge in [0.2, 0.25) is 0 Å². The number of hydrogen-bond donors (Lipinski definition) is 0. The van der Waals surface area contributed by atoms with Gasteiger partial charge in [-0.25, -0.2) is 10.0 Å². The SMILES string of the molecule is CCOc1nc(CN2CCC[C@H](Cc3cc(C)nc(C)c3)C2)c(Br)n1COCCS(C)(C)C. The van der Waals surface area contributed by atoms with Crippen molar-refractivity contribution < 1.29 is 9.47 Å². The highest BCUT2D eigenvalue weighted by atomic mass is 79.9. The smallest absolute Gasteiger partial charge is 0.299 e. The van der Waals surface area contributed by atoms with Crippen LogP contribution >= 0.6 is 26.0 Å². The highest BCUT2D eigenvalue weighted by Gasteiger charge is 2.24. The standard InChI is InChI=1S/C25H41BrN4O2S/c1-7-32-25-28-23(24(26)30(25)18-31-11-12-33(4,5)6)17-29-10-8-9-21(16-29)15-22-13-19(2)27-20(3)14-22/h13-14,21H,7-12,15-18H2,1-6H3/t21-/m1/s1. The molecule has 33 heavy (non-hydrogen) atoms. The van der Waals surface area contributed by atoms with E-state index in [1.807, 2.05) is 11.5 Å². The van der Waals surface area contributed by atoms with Crippen LogP contribution in [0.3, 0.4) is 0 Å². The van der Waals surface area contributed by atoms with Gasteiger partial charge in [0.25, 0.3) is 6.01 Å². The van der Waals surface area contributed by atoms with Crippen LogP contribution in [-0.4, -0.2) is 70.3 Å². The lowest BCUT2D eigenvalue weighted by Gasteiger charge is -2.32. The number of rotatable bonds is 11. The predicted molar refractivity (Wildman–Crippen MR) is 143 cm³/mol. The summed E-state index contributed by atoms with van der Waals surface area (Å²) >= 11 is 3.79. The average molecular weight is 542 g/mol. The molecular weight excluding hydrogens is 500 g/mol. The van der Waals surface area contributed by atoms with E-state index < -0.39 is 10.0 Å². The first-order chi connectivity index (χ1) is 15.6. The Kier molecular flexibility index (Phi) is 9.68. The van der Waals surface area contributed by atoms with Crippen molar-refractivity contribution in [3.05, 3.63) is 39.4 Å². The Labute approximate surface area is 209 Å². The molecule has 2 aromatic heterocycles. The highest BCUT2D eigenvalue weighted by Crippen LogP contribution is 2.34. The molecule has 2 aromatic rings. The zero-order valence-electron chi connectivity index (χ0n) is 21.2. The molecule has 0 saturated carbocycles. The summed E-state index contributed by atoms with van der Waals surface area (Å²) in [5.41, 5.74) is 4.66. The maximum atomic E-state index is 5.98. The number of nitrogens with zero attached hydrogens (tertiary/aromatic N) is 4. The van der Waals surface area contributed by atoms with Gasteiger partial charge in [0, 0.05) is 30.2 Å². The molecule has 8 heteroatoms. The van der Waals surface area contributed by atoms with Gasteiger partial charge in [0.15, 0.2) is 0 Å². The van der Waals surface area contributed by atoms with Crippen molar-refractivity contribution in [2.45, 2.75) is 53.3 Å². The number of piperidine rings is 1. The van der Waals surface area contributed by atoms with Crippen LogP contribution in [0.2, 0.25) is 0 Å². The van der Waals surface area contributed by atoms with Crippen LogP contribution < -0.4 is 4.74 Å². The van der Waals surface area contributed by atoms with Crippen molar-refractivity contribution in [3.63, 3.8) is 0 Å². The van der Waals surface area contributed by atoms with Gasteiger partial charge in [-0.1, -0.05) is 0 Å². The van der Waals surface area contributed by atoms with Gasteiger partial charge in [0.1, 0.15) is 11.3 Å². The van der Waals surface area contributed by atoms with Crippen molar-refractivity contribution in [2.75, 3.05) is 50.8 Å². The monoisotopic (exact) mass is 540 g/mol. The number of halogens is 1. The number of aryl methyl sites for hydroxylation is 2.